The van der Waals surface area contributed by atoms with Gasteiger partial charge < -0.3 is 10.7 Å². The second kappa shape index (κ2) is 3.61. The Bertz CT molecular complexity index is 486. The highest BCUT2D eigenvalue weighted by Gasteiger charge is 2.12. The smallest absolute Gasteiger partial charge is 0.209 e. The van der Waals surface area contributed by atoms with Gasteiger partial charge in [-0.05, 0) is 36.8 Å². The minimum Gasteiger partial charge on any atom is -0.399 e. The molecular formula is C12H12N2O. The summed E-state index contributed by atoms with van der Waals surface area (Å²) in [6, 6.07) is 8.91. The molecule has 15 heavy (non-hydrogen) atoms. The number of carbonyl (C=O) groups is 1. The van der Waals surface area contributed by atoms with Crippen LogP contribution in [0, 0.1) is 6.92 Å². The van der Waals surface area contributed by atoms with E-state index in [1.165, 1.54) is 0 Å². The lowest BCUT2D eigenvalue weighted by Crippen LogP contribution is -2.04. The molecule has 0 spiro atoms. The second-order valence-corrected chi connectivity index (χ2v) is 3.49. The number of benzene rings is 1. The number of aryl methyl sites for hydroxylation is 1. The third kappa shape index (κ3) is 1.76. The van der Waals surface area contributed by atoms with Crippen LogP contribution in [-0.2, 0) is 0 Å². The fourth-order valence-corrected chi connectivity index (χ4v) is 1.50. The maximum Gasteiger partial charge on any atom is 0.209 e. The highest BCUT2D eigenvalue weighted by Crippen LogP contribution is 2.16. The maximum absolute atomic E-state index is 12.0. The molecule has 0 fully saturated rings. The zero-order valence-corrected chi connectivity index (χ0v) is 8.45. The van der Waals surface area contributed by atoms with Crippen LogP contribution >= 0.6 is 0 Å². The van der Waals surface area contributed by atoms with E-state index in [0.29, 0.717) is 16.9 Å². The minimum absolute atomic E-state index is 0.0233. The molecule has 1 aromatic carbocycles. The van der Waals surface area contributed by atoms with Crippen molar-refractivity contribution in [1.82, 2.24) is 4.98 Å². The lowest BCUT2D eigenvalue weighted by atomic mass is 10.0. The van der Waals surface area contributed by atoms with Crippen LogP contribution in [0.25, 0.3) is 0 Å². The molecule has 1 heterocycles. The van der Waals surface area contributed by atoms with Crippen LogP contribution < -0.4 is 5.73 Å². The number of hydrogen-bond donors (Lipinski definition) is 2. The Kier molecular flexibility index (Phi) is 2.29. The summed E-state index contributed by atoms with van der Waals surface area (Å²) >= 11 is 0. The minimum atomic E-state index is -0.0233. The monoisotopic (exact) mass is 200 g/mol. The number of ketones is 1. The second-order valence-electron chi connectivity index (χ2n) is 3.49. The first-order chi connectivity index (χ1) is 7.18. The number of nitrogens with one attached hydrogen (secondary N) is 1. The molecule has 0 amide bonds. The molecule has 3 N–H and O–H groups in total. The first kappa shape index (κ1) is 9.52. The highest BCUT2D eigenvalue weighted by molar-refractivity contribution is 6.09. The zero-order chi connectivity index (χ0) is 10.8. The van der Waals surface area contributed by atoms with E-state index < -0.39 is 0 Å². The number of H-pyrrole nitrogens is 1. The molecule has 0 aliphatic carbocycles. The van der Waals surface area contributed by atoms with Crippen molar-refractivity contribution >= 4 is 11.5 Å². The normalized spacial score (nSPS) is 10.2. The highest BCUT2D eigenvalue weighted by atomic mass is 16.1. The summed E-state index contributed by atoms with van der Waals surface area (Å²) in [4.78, 5) is 14.9. The van der Waals surface area contributed by atoms with Crippen molar-refractivity contribution in [1.29, 1.82) is 0 Å². The number of aromatic amines is 1. The van der Waals surface area contributed by atoms with Gasteiger partial charge in [-0.2, -0.15) is 0 Å². The van der Waals surface area contributed by atoms with Crippen LogP contribution in [0.4, 0.5) is 5.69 Å². The van der Waals surface area contributed by atoms with E-state index in [2.05, 4.69) is 4.98 Å². The summed E-state index contributed by atoms with van der Waals surface area (Å²) in [7, 11) is 0. The molecule has 2 rings (SSSR count). The van der Waals surface area contributed by atoms with Crippen LogP contribution in [-0.4, -0.2) is 10.8 Å². The number of aromatic nitrogens is 1. The lowest BCUT2D eigenvalue weighted by molar-refractivity contribution is 0.103. The molecule has 0 bridgehead atoms. The van der Waals surface area contributed by atoms with Gasteiger partial charge in [-0.15, -0.1) is 0 Å². The first-order valence-corrected chi connectivity index (χ1v) is 4.72. The summed E-state index contributed by atoms with van der Waals surface area (Å²) in [6.45, 7) is 1.90. The summed E-state index contributed by atoms with van der Waals surface area (Å²) in [5.74, 6) is -0.0233. The maximum atomic E-state index is 12.0. The number of nitrogen functional groups attached to an aromatic ring is 1. The first-order valence-electron chi connectivity index (χ1n) is 4.72. The van der Waals surface area contributed by atoms with Crippen LogP contribution in [0.15, 0.2) is 36.5 Å². The van der Waals surface area contributed by atoms with Gasteiger partial charge in [0.15, 0.2) is 0 Å². The van der Waals surface area contributed by atoms with Crippen LogP contribution in [0.2, 0.25) is 0 Å². The van der Waals surface area contributed by atoms with Gasteiger partial charge in [0.05, 0.1) is 5.69 Å². The molecule has 0 unspecified atom stereocenters. The van der Waals surface area contributed by atoms with Crippen molar-refractivity contribution in [3.63, 3.8) is 0 Å². The number of rotatable bonds is 2. The van der Waals surface area contributed by atoms with Crippen molar-refractivity contribution in [2.45, 2.75) is 6.92 Å². The van der Waals surface area contributed by atoms with Crippen molar-refractivity contribution in [2.24, 2.45) is 0 Å². The van der Waals surface area contributed by atoms with Crippen LogP contribution in [0.3, 0.4) is 0 Å². The Balaban J connectivity index is 2.46. The zero-order valence-electron chi connectivity index (χ0n) is 8.45. The largest absolute Gasteiger partial charge is 0.399 e. The third-order valence-corrected chi connectivity index (χ3v) is 2.35. The molecule has 76 valence electrons. The molecule has 3 nitrogen and oxygen atoms in total. The molecule has 3 heteroatoms. The Morgan fingerprint density at radius 2 is 2.13 bits per heavy atom. The summed E-state index contributed by atoms with van der Waals surface area (Å²) < 4.78 is 0. The SMILES string of the molecule is Cc1ccc(N)cc1C(=O)c1ccc[nH]1. The number of carbonyl (C=O) groups excluding carboxylic acids is 1. The molecule has 0 radical (unpaired) electrons. The third-order valence-electron chi connectivity index (χ3n) is 2.35. The van der Waals surface area contributed by atoms with Gasteiger partial charge in [-0.25, -0.2) is 0 Å². The van der Waals surface area contributed by atoms with Gasteiger partial charge in [-0.1, -0.05) is 6.07 Å². The van der Waals surface area contributed by atoms with E-state index in [1.807, 2.05) is 13.0 Å². The van der Waals surface area contributed by atoms with E-state index in [4.69, 9.17) is 5.73 Å². The predicted octanol–water partition coefficient (Wildman–Crippen LogP) is 2.14. The van der Waals surface area contributed by atoms with Crippen molar-refractivity contribution < 1.29 is 4.79 Å². The van der Waals surface area contributed by atoms with Gasteiger partial charge in [0, 0.05) is 17.4 Å². The molecule has 2 aromatic rings. The van der Waals surface area contributed by atoms with Gasteiger partial charge in [0.2, 0.25) is 5.78 Å². The summed E-state index contributed by atoms with van der Waals surface area (Å²) in [6.07, 6.45) is 1.73. The van der Waals surface area contributed by atoms with Gasteiger partial charge in [0.1, 0.15) is 0 Å². The van der Waals surface area contributed by atoms with Crippen molar-refractivity contribution in [3.05, 3.63) is 53.3 Å². The number of nitrogens with two attached hydrogens (primary N) is 1. The van der Waals surface area contributed by atoms with Crippen molar-refractivity contribution in [3.8, 4) is 0 Å². The Labute approximate surface area is 87.9 Å². The van der Waals surface area contributed by atoms with Gasteiger partial charge in [0.25, 0.3) is 0 Å². The quantitative estimate of drug-likeness (QED) is 0.576. The standard InChI is InChI=1S/C12H12N2O/c1-8-4-5-9(13)7-10(8)12(15)11-3-2-6-14-11/h2-7,14H,13H2,1H3. The van der Waals surface area contributed by atoms with Gasteiger partial charge >= 0.3 is 0 Å². The van der Waals surface area contributed by atoms with Crippen LogP contribution in [0.5, 0.6) is 0 Å². The Morgan fingerprint density at radius 3 is 2.80 bits per heavy atom. The van der Waals surface area contributed by atoms with Crippen molar-refractivity contribution in [2.75, 3.05) is 5.73 Å². The van der Waals surface area contributed by atoms with Gasteiger partial charge in [-0.3, -0.25) is 4.79 Å². The number of hydrogen-bond acceptors (Lipinski definition) is 2. The van der Waals surface area contributed by atoms with E-state index in [-0.39, 0.29) is 5.78 Å². The molecule has 1 aromatic heterocycles. The average molecular weight is 200 g/mol. The Hall–Kier alpha value is -2.03. The van der Waals surface area contributed by atoms with Crippen LogP contribution in [0.1, 0.15) is 21.6 Å². The fourth-order valence-electron chi connectivity index (χ4n) is 1.50. The average Bonchev–Trinajstić information content (AvgIpc) is 2.74. The molecule has 0 aliphatic heterocycles. The molecule has 0 saturated heterocycles. The van der Waals surface area contributed by atoms with E-state index >= 15 is 0 Å². The van der Waals surface area contributed by atoms with E-state index in [0.717, 1.165) is 5.56 Å². The van der Waals surface area contributed by atoms with E-state index in [9.17, 15) is 4.79 Å². The molecule has 0 saturated carbocycles. The van der Waals surface area contributed by atoms with E-state index in [1.54, 1.807) is 30.5 Å². The predicted molar refractivity (Wildman–Crippen MR) is 59.8 cm³/mol. The molecule has 0 aliphatic rings. The topological polar surface area (TPSA) is 58.9 Å². The molecule has 0 atom stereocenters. The summed E-state index contributed by atoms with van der Waals surface area (Å²) in [5.41, 5.74) is 8.43. The molecular weight excluding hydrogens is 188 g/mol. The fraction of sp³-hybridized carbons (Fsp3) is 0.0833. The Morgan fingerprint density at radius 1 is 1.33 bits per heavy atom. The summed E-state index contributed by atoms with van der Waals surface area (Å²) in [5, 5.41) is 0. The lowest BCUT2D eigenvalue weighted by Gasteiger charge is -2.04. The number of anilines is 1.